The number of amides is 1. The third-order valence-electron chi connectivity index (χ3n) is 4.39. The Bertz CT molecular complexity index is 1190. The highest BCUT2D eigenvalue weighted by molar-refractivity contribution is 5.93. The van der Waals surface area contributed by atoms with Gasteiger partial charge in [0, 0.05) is 23.0 Å². The van der Waals surface area contributed by atoms with Crippen LogP contribution in [0.25, 0.3) is 0 Å². The molecule has 162 valence electrons. The van der Waals surface area contributed by atoms with Crippen molar-refractivity contribution < 1.29 is 13.9 Å². The molecule has 4 aromatic rings. The van der Waals surface area contributed by atoms with Crippen molar-refractivity contribution in [3.05, 3.63) is 78.3 Å². The van der Waals surface area contributed by atoms with Crippen molar-refractivity contribution in [2.45, 2.75) is 6.54 Å². The molecule has 2 aromatic heterocycles. The van der Waals surface area contributed by atoms with Crippen molar-refractivity contribution in [2.24, 2.45) is 5.73 Å². The quantitative estimate of drug-likeness (QED) is 0.312. The highest BCUT2D eigenvalue weighted by atomic mass is 16.5. The van der Waals surface area contributed by atoms with E-state index in [1.54, 1.807) is 37.6 Å². The molecule has 0 fully saturated rings. The zero-order valence-corrected chi connectivity index (χ0v) is 17.2. The highest BCUT2D eigenvalue weighted by Gasteiger charge is 2.09. The van der Waals surface area contributed by atoms with Gasteiger partial charge in [0.1, 0.15) is 11.5 Å². The van der Waals surface area contributed by atoms with Gasteiger partial charge in [0.15, 0.2) is 0 Å². The minimum absolute atomic E-state index is 0.305. The number of methoxy groups -OCH3 is 1. The van der Waals surface area contributed by atoms with E-state index in [0.29, 0.717) is 41.4 Å². The van der Waals surface area contributed by atoms with Crippen LogP contribution in [-0.4, -0.2) is 28.0 Å². The minimum atomic E-state index is -0.495. The van der Waals surface area contributed by atoms with Crippen molar-refractivity contribution >= 4 is 35.1 Å². The Morgan fingerprint density at radius 2 is 1.66 bits per heavy atom. The standard InChI is InChI=1S/C22H21N7O3/c1-31-17-5-2-4-16(12-17)26-22-28-20(24-13-18-6-3-11-32-18)27-21(29-22)25-15-9-7-14(8-10-15)19(23)30/h2-12H,13H2,1H3,(H2,23,30)(H3,24,25,26,27,28,29). The predicted molar refractivity (Wildman–Crippen MR) is 120 cm³/mol. The summed E-state index contributed by atoms with van der Waals surface area (Å²) in [6, 6.07) is 17.7. The summed E-state index contributed by atoms with van der Waals surface area (Å²) in [5.74, 6) is 1.92. The van der Waals surface area contributed by atoms with E-state index < -0.39 is 5.91 Å². The predicted octanol–water partition coefficient (Wildman–Crippen LogP) is 3.67. The first-order valence-electron chi connectivity index (χ1n) is 9.69. The van der Waals surface area contributed by atoms with Gasteiger partial charge in [0.05, 0.1) is 19.9 Å². The fraction of sp³-hybridized carbons (Fsp3) is 0.0909. The Labute approximate surface area is 183 Å². The van der Waals surface area contributed by atoms with Crippen molar-refractivity contribution in [3.63, 3.8) is 0 Å². The van der Waals surface area contributed by atoms with Crippen LogP contribution in [0.15, 0.2) is 71.3 Å². The lowest BCUT2D eigenvalue weighted by atomic mass is 10.2. The molecule has 0 aliphatic rings. The second-order valence-corrected chi connectivity index (χ2v) is 6.66. The number of carbonyl (C=O) groups is 1. The number of hydrogen-bond donors (Lipinski definition) is 4. The van der Waals surface area contributed by atoms with Crippen molar-refractivity contribution in [3.8, 4) is 5.75 Å². The van der Waals surface area contributed by atoms with Crippen LogP contribution in [0.1, 0.15) is 16.1 Å². The number of nitrogens with one attached hydrogen (secondary N) is 3. The van der Waals surface area contributed by atoms with Crippen molar-refractivity contribution in [2.75, 3.05) is 23.1 Å². The molecule has 32 heavy (non-hydrogen) atoms. The van der Waals surface area contributed by atoms with Gasteiger partial charge < -0.3 is 30.8 Å². The van der Waals surface area contributed by atoms with Crippen LogP contribution in [0.2, 0.25) is 0 Å². The summed E-state index contributed by atoms with van der Waals surface area (Å²) in [5.41, 5.74) is 7.15. The zero-order chi connectivity index (χ0) is 22.3. The van der Waals surface area contributed by atoms with Gasteiger partial charge in [0.25, 0.3) is 0 Å². The van der Waals surface area contributed by atoms with E-state index in [1.165, 1.54) is 0 Å². The normalized spacial score (nSPS) is 10.4. The maximum absolute atomic E-state index is 11.3. The van der Waals surface area contributed by atoms with Gasteiger partial charge in [-0.05, 0) is 48.5 Å². The summed E-state index contributed by atoms with van der Waals surface area (Å²) < 4.78 is 10.6. The third kappa shape index (κ3) is 5.30. The number of furan rings is 1. The number of nitrogens with zero attached hydrogens (tertiary/aromatic N) is 3. The maximum atomic E-state index is 11.3. The van der Waals surface area contributed by atoms with Gasteiger partial charge >= 0.3 is 0 Å². The van der Waals surface area contributed by atoms with Crippen molar-refractivity contribution in [1.82, 2.24) is 15.0 Å². The number of primary amides is 1. The van der Waals surface area contributed by atoms with Crippen LogP contribution in [0.3, 0.4) is 0 Å². The molecule has 0 atom stereocenters. The lowest BCUT2D eigenvalue weighted by Gasteiger charge is -2.12. The number of hydrogen-bond acceptors (Lipinski definition) is 9. The van der Waals surface area contributed by atoms with Gasteiger partial charge in [0.2, 0.25) is 23.8 Å². The summed E-state index contributed by atoms with van der Waals surface area (Å²) >= 11 is 0. The number of anilines is 5. The minimum Gasteiger partial charge on any atom is -0.497 e. The third-order valence-corrected chi connectivity index (χ3v) is 4.39. The van der Waals surface area contributed by atoms with Gasteiger partial charge in [-0.2, -0.15) is 15.0 Å². The molecule has 2 aromatic carbocycles. The van der Waals surface area contributed by atoms with Crippen LogP contribution in [0.4, 0.5) is 29.2 Å². The summed E-state index contributed by atoms with van der Waals surface area (Å²) in [5, 5.41) is 9.39. The first kappa shape index (κ1) is 20.7. The molecule has 0 saturated carbocycles. The first-order valence-corrected chi connectivity index (χ1v) is 9.69. The Hall–Kier alpha value is -4.60. The monoisotopic (exact) mass is 431 g/mol. The molecule has 4 rings (SSSR count). The molecule has 1 amide bonds. The Morgan fingerprint density at radius 1 is 0.938 bits per heavy atom. The summed E-state index contributed by atoms with van der Waals surface area (Å²) in [4.78, 5) is 24.6. The first-order chi connectivity index (χ1) is 15.6. The summed E-state index contributed by atoms with van der Waals surface area (Å²) in [7, 11) is 1.60. The molecule has 0 unspecified atom stereocenters. The molecule has 0 spiro atoms. The molecule has 5 N–H and O–H groups in total. The Balaban J connectivity index is 1.59. The van der Waals surface area contributed by atoms with Crippen LogP contribution in [-0.2, 0) is 6.54 Å². The molecule has 10 nitrogen and oxygen atoms in total. The van der Waals surface area contributed by atoms with E-state index in [1.807, 2.05) is 36.4 Å². The number of ether oxygens (including phenoxy) is 1. The van der Waals surface area contributed by atoms with Crippen LogP contribution in [0, 0.1) is 0 Å². The van der Waals surface area contributed by atoms with Gasteiger partial charge in [-0.1, -0.05) is 6.07 Å². The van der Waals surface area contributed by atoms with Crippen LogP contribution < -0.4 is 26.4 Å². The number of rotatable bonds is 9. The second kappa shape index (κ2) is 9.47. The number of carbonyl (C=O) groups excluding carboxylic acids is 1. The summed E-state index contributed by atoms with van der Waals surface area (Å²) in [6.07, 6.45) is 1.60. The number of benzene rings is 2. The van der Waals surface area contributed by atoms with E-state index in [9.17, 15) is 4.79 Å². The highest BCUT2D eigenvalue weighted by Crippen LogP contribution is 2.22. The molecule has 0 aliphatic heterocycles. The van der Waals surface area contributed by atoms with Gasteiger partial charge in [-0.25, -0.2) is 0 Å². The SMILES string of the molecule is COc1cccc(Nc2nc(NCc3ccco3)nc(Nc3ccc(C(N)=O)cc3)n2)c1. The van der Waals surface area contributed by atoms with E-state index in [0.717, 1.165) is 11.4 Å². The number of nitrogens with two attached hydrogens (primary N) is 1. The smallest absolute Gasteiger partial charge is 0.248 e. The number of aromatic nitrogens is 3. The fourth-order valence-electron chi connectivity index (χ4n) is 2.82. The molecule has 0 bridgehead atoms. The molecular formula is C22H21N7O3. The maximum Gasteiger partial charge on any atom is 0.248 e. The largest absolute Gasteiger partial charge is 0.497 e. The van der Waals surface area contributed by atoms with E-state index >= 15 is 0 Å². The lowest BCUT2D eigenvalue weighted by molar-refractivity contribution is 0.100. The van der Waals surface area contributed by atoms with Crippen LogP contribution in [0.5, 0.6) is 5.75 Å². The average molecular weight is 431 g/mol. The Kier molecular flexibility index (Phi) is 6.12. The van der Waals surface area contributed by atoms with E-state index in [4.69, 9.17) is 14.9 Å². The topological polar surface area (TPSA) is 140 Å². The average Bonchev–Trinajstić information content (AvgIpc) is 3.32. The molecule has 10 heteroatoms. The molecule has 0 aliphatic carbocycles. The molecule has 2 heterocycles. The lowest BCUT2D eigenvalue weighted by Crippen LogP contribution is -2.11. The second-order valence-electron chi connectivity index (χ2n) is 6.66. The fourth-order valence-corrected chi connectivity index (χ4v) is 2.82. The van der Waals surface area contributed by atoms with Crippen LogP contribution >= 0.6 is 0 Å². The molecule has 0 radical (unpaired) electrons. The van der Waals surface area contributed by atoms with E-state index in [-0.39, 0.29) is 0 Å². The van der Waals surface area contributed by atoms with E-state index in [2.05, 4.69) is 30.9 Å². The van der Waals surface area contributed by atoms with Crippen molar-refractivity contribution in [1.29, 1.82) is 0 Å². The van der Waals surface area contributed by atoms with Gasteiger partial charge in [-0.15, -0.1) is 0 Å². The van der Waals surface area contributed by atoms with Gasteiger partial charge in [-0.3, -0.25) is 4.79 Å². The summed E-state index contributed by atoms with van der Waals surface area (Å²) in [6.45, 7) is 0.405. The molecule has 0 saturated heterocycles. The zero-order valence-electron chi connectivity index (χ0n) is 17.2. The Morgan fingerprint density at radius 3 is 2.31 bits per heavy atom. The molecular weight excluding hydrogens is 410 g/mol.